The van der Waals surface area contributed by atoms with Crippen LogP contribution in [0.5, 0.6) is 11.5 Å². The molecule has 1 amide bonds. The molecule has 2 N–H and O–H groups in total. The maximum atomic E-state index is 12.1. The third-order valence-electron chi connectivity index (χ3n) is 3.06. The van der Waals surface area contributed by atoms with Gasteiger partial charge >= 0.3 is 0 Å². The molecule has 5 heteroatoms. The first-order valence-electron chi connectivity index (χ1n) is 6.49. The van der Waals surface area contributed by atoms with Crippen molar-refractivity contribution in [2.24, 2.45) is 0 Å². The van der Waals surface area contributed by atoms with Crippen LogP contribution in [0.4, 0.5) is 11.4 Å². The molecule has 0 radical (unpaired) electrons. The monoisotopic (exact) mass is 286 g/mol. The molecule has 5 nitrogen and oxygen atoms in total. The molecule has 0 saturated carbocycles. The highest BCUT2D eigenvalue weighted by Gasteiger charge is 2.12. The summed E-state index contributed by atoms with van der Waals surface area (Å²) in [6.07, 6.45) is 0. The van der Waals surface area contributed by atoms with Gasteiger partial charge in [0.15, 0.2) is 6.61 Å². The lowest BCUT2D eigenvalue weighted by atomic mass is 10.3. The van der Waals surface area contributed by atoms with E-state index >= 15 is 0 Å². The Balaban J connectivity index is 1.97. The Kier molecular flexibility index (Phi) is 4.66. The molecule has 0 fully saturated rings. The van der Waals surface area contributed by atoms with Crippen LogP contribution in [-0.2, 0) is 4.79 Å². The Bertz CT molecular complexity index is 611. The van der Waals surface area contributed by atoms with Gasteiger partial charge in [0.1, 0.15) is 11.5 Å². The first-order valence-corrected chi connectivity index (χ1v) is 6.49. The number of rotatable bonds is 5. The Morgan fingerprint density at radius 1 is 1.14 bits per heavy atom. The standard InChI is InChI=1S/C16H18N2O3/c1-18(13-4-3-5-15(10-13)20-2)16(19)11-21-14-8-6-12(17)7-9-14/h3-10H,11,17H2,1-2H3. The van der Waals surface area contributed by atoms with Crippen LogP contribution in [0.1, 0.15) is 0 Å². The molecule has 0 aliphatic carbocycles. The number of nitrogen functional groups attached to an aromatic ring is 1. The predicted octanol–water partition coefficient (Wildman–Crippen LogP) is 2.32. The van der Waals surface area contributed by atoms with Crippen molar-refractivity contribution in [3.05, 3.63) is 48.5 Å². The van der Waals surface area contributed by atoms with Crippen molar-refractivity contribution in [3.8, 4) is 11.5 Å². The van der Waals surface area contributed by atoms with E-state index in [0.29, 0.717) is 17.2 Å². The first kappa shape index (κ1) is 14.7. The second-order valence-corrected chi connectivity index (χ2v) is 4.51. The van der Waals surface area contributed by atoms with Crippen molar-refractivity contribution in [1.29, 1.82) is 0 Å². The fourth-order valence-electron chi connectivity index (χ4n) is 1.77. The highest BCUT2D eigenvalue weighted by molar-refractivity contribution is 5.94. The quantitative estimate of drug-likeness (QED) is 0.857. The van der Waals surface area contributed by atoms with Crippen LogP contribution in [0.25, 0.3) is 0 Å². The number of likely N-dealkylation sites (N-methyl/N-ethyl adjacent to an activating group) is 1. The minimum atomic E-state index is -0.153. The van der Waals surface area contributed by atoms with Gasteiger partial charge in [0.25, 0.3) is 5.91 Å². The molecule has 0 aromatic heterocycles. The minimum absolute atomic E-state index is 0.0440. The molecule has 2 rings (SSSR count). The van der Waals surface area contributed by atoms with E-state index in [2.05, 4.69) is 0 Å². The van der Waals surface area contributed by atoms with Gasteiger partial charge in [-0.3, -0.25) is 4.79 Å². The van der Waals surface area contributed by atoms with E-state index in [4.69, 9.17) is 15.2 Å². The van der Waals surface area contributed by atoms with Gasteiger partial charge in [0, 0.05) is 24.5 Å². The zero-order valence-electron chi connectivity index (χ0n) is 12.1. The van der Waals surface area contributed by atoms with Gasteiger partial charge in [-0.15, -0.1) is 0 Å². The molecule has 0 spiro atoms. The van der Waals surface area contributed by atoms with E-state index in [1.807, 2.05) is 18.2 Å². The summed E-state index contributed by atoms with van der Waals surface area (Å²) in [4.78, 5) is 13.6. The van der Waals surface area contributed by atoms with Gasteiger partial charge in [-0.1, -0.05) is 6.07 Å². The average Bonchev–Trinajstić information content (AvgIpc) is 2.53. The van der Waals surface area contributed by atoms with Gasteiger partial charge in [0.05, 0.1) is 7.11 Å². The summed E-state index contributed by atoms with van der Waals surface area (Å²) >= 11 is 0. The summed E-state index contributed by atoms with van der Waals surface area (Å²) < 4.78 is 10.6. The largest absolute Gasteiger partial charge is 0.497 e. The van der Waals surface area contributed by atoms with E-state index in [9.17, 15) is 4.79 Å². The Morgan fingerprint density at radius 3 is 2.52 bits per heavy atom. The summed E-state index contributed by atoms with van der Waals surface area (Å²) in [5, 5.41) is 0. The average molecular weight is 286 g/mol. The van der Waals surface area contributed by atoms with Crippen LogP contribution >= 0.6 is 0 Å². The van der Waals surface area contributed by atoms with Gasteiger partial charge in [0.2, 0.25) is 0 Å². The van der Waals surface area contributed by atoms with E-state index in [1.165, 1.54) is 4.90 Å². The molecular weight excluding hydrogens is 268 g/mol. The van der Waals surface area contributed by atoms with E-state index in [0.717, 1.165) is 5.69 Å². The number of nitrogens with zero attached hydrogens (tertiary/aromatic N) is 1. The maximum Gasteiger partial charge on any atom is 0.264 e. The number of nitrogens with two attached hydrogens (primary N) is 1. The summed E-state index contributed by atoms with van der Waals surface area (Å²) in [5.74, 6) is 1.16. The third-order valence-corrected chi connectivity index (χ3v) is 3.06. The third kappa shape index (κ3) is 3.89. The van der Waals surface area contributed by atoms with Crippen LogP contribution in [0.15, 0.2) is 48.5 Å². The van der Waals surface area contributed by atoms with Gasteiger partial charge in [-0.25, -0.2) is 0 Å². The summed E-state index contributed by atoms with van der Waals surface area (Å²) in [7, 11) is 3.29. The van der Waals surface area contributed by atoms with Crippen LogP contribution in [0.3, 0.4) is 0 Å². The van der Waals surface area contributed by atoms with Crippen molar-refractivity contribution in [3.63, 3.8) is 0 Å². The number of anilines is 2. The molecular formula is C16H18N2O3. The van der Waals surface area contributed by atoms with Gasteiger partial charge < -0.3 is 20.1 Å². The van der Waals surface area contributed by atoms with Crippen LogP contribution in [0, 0.1) is 0 Å². The second kappa shape index (κ2) is 6.65. The van der Waals surface area contributed by atoms with Crippen LogP contribution < -0.4 is 20.1 Å². The topological polar surface area (TPSA) is 64.8 Å². The highest BCUT2D eigenvalue weighted by Crippen LogP contribution is 2.20. The van der Waals surface area contributed by atoms with Crippen molar-refractivity contribution in [1.82, 2.24) is 0 Å². The molecule has 110 valence electrons. The SMILES string of the molecule is COc1cccc(N(C)C(=O)COc2ccc(N)cc2)c1. The van der Waals surface area contributed by atoms with E-state index in [1.54, 1.807) is 44.5 Å². The van der Waals surface area contributed by atoms with E-state index in [-0.39, 0.29) is 12.5 Å². The van der Waals surface area contributed by atoms with Crippen LogP contribution in [0.2, 0.25) is 0 Å². The number of amides is 1. The molecule has 0 aliphatic heterocycles. The molecule has 0 aliphatic rings. The van der Waals surface area contributed by atoms with Crippen molar-refractivity contribution < 1.29 is 14.3 Å². The van der Waals surface area contributed by atoms with E-state index < -0.39 is 0 Å². The fraction of sp³-hybridized carbons (Fsp3) is 0.188. The Hall–Kier alpha value is -2.69. The lowest BCUT2D eigenvalue weighted by Crippen LogP contribution is -2.31. The molecule has 0 atom stereocenters. The molecule has 21 heavy (non-hydrogen) atoms. The highest BCUT2D eigenvalue weighted by atomic mass is 16.5. The number of carbonyl (C=O) groups is 1. The summed E-state index contributed by atoms with van der Waals surface area (Å²) in [5.41, 5.74) is 7.00. The zero-order chi connectivity index (χ0) is 15.2. The zero-order valence-corrected chi connectivity index (χ0v) is 12.1. The second-order valence-electron chi connectivity index (χ2n) is 4.51. The number of ether oxygens (including phenoxy) is 2. The van der Waals surface area contributed by atoms with Crippen LogP contribution in [-0.4, -0.2) is 26.7 Å². The molecule has 0 heterocycles. The number of benzene rings is 2. The molecule has 2 aromatic rings. The molecule has 0 unspecified atom stereocenters. The van der Waals surface area contributed by atoms with Gasteiger partial charge in [-0.05, 0) is 36.4 Å². The fourth-order valence-corrected chi connectivity index (χ4v) is 1.77. The smallest absolute Gasteiger partial charge is 0.264 e. The number of hydrogen-bond donors (Lipinski definition) is 1. The Morgan fingerprint density at radius 2 is 1.86 bits per heavy atom. The summed E-state index contributed by atoms with van der Waals surface area (Å²) in [6, 6.07) is 14.2. The van der Waals surface area contributed by atoms with Crippen molar-refractivity contribution >= 4 is 17.3 Å². The minimum Gasteiger partial charge on any atom is -0.497 e. The number of carbonyl (C=O) groups excluding carboxylic acids is 1. The van der Waals surface area contributed by atoms with Crippen molar-refractivity contribution in [2.45, 2.75) is 0 Å². The Labute approximate surface area is 123 Å². The van der Waals surface area contributed by atoms with Gasteiger partial charge in [-0.2, -0.15) is 0 Å². The molecule has 2 aromatic carbocycles. The normalized spacial score (nSPS) is 10.0. The lowest BCUT2D eigenvalue weighted by Gasteiger charge is -2.18. The number of hydrogen-bond acceptors (Lipinski definition) is 4. The summed E-state index contributed by atoms with van der Waals surface area (Å²) in [6.45, 7) is -0.0440. The molecule has 0 saturated heterocycles. The molecule has 0 bridgehead atoms. The lowest BCUT2D eigenvalue weighted by molar-refractivity contribution is -0.120. The van der Waals surface area contributed by atoms with Crippen molar-refractivity contribution in [2.75, 3.05) is 31.4 Å². The predicted molar refractivity (Wildman–Crippen MR) is 82.8 cm³/mol. The first-order chi connectivity index (χ1) is 10.1. The number of methoxy groups -OCH3 is 1. The maximum absolute atomic E-state index is 12.1.